The molecule has 0 saturated heterocycles. The van der Waals surface area contributed by atoms with Gasteiger partial charge in [-0.3, -0.25) is 4.79 Å². The first-order valence-electron chi connectivity index (χ1n) is 8.89. The van der Waals surface area contributed by atoms with Crippen LogP contribution in [0.25, 0.3) is 11.0 Å². The first kappa shape index (κ1) is 18.1. The van der Waals surface area contributed by atoms with Gasteiger partial charge in [-0.25, -0.2) is 9.13 Å². The van der Waals surface area contributed by atoms with E-state index in [1.54, 1.807) is 24.3 Å². The Kier molecular flexibility index (Phi) is 5.38. The number of rotatable bonds is 7. The SMILES string of the molecule is CCc1n(C[C@@H](O)COc2ccc(C(C)=O)cc2)c2ccccc2[n+]1C. The Morgan fingerprint density at radius 2 is 1.88 bits per heavy atom. The van der Waals surface area contributed by atoms with Crippen LogP contribution in [0.3, 0.4) is 0 Å². The number of hydrogen-bond donors (Lipinski definition) is 1. The van der Waals surface area contributed by atoms with Gasteiger partial charge in [0.25, 0.3) is 5.82 Å². The molecule has 0 aliphatic rings. The van der Waals surface area contributed by atoms with E-state index < -0.39 is 6.10 Å². The van der Waals surface area contributed by atoms with E-state index in [4.69, 9.17) is 4.74 Å². The van der Waals surface area contributed by atoms with Gasteiger partial charge in [-0.15, -0.1) is 0 Å². The highest BCUT2D eigenvalue weighted by molar-refractivity contribution is 5.94. The lowest BCUT2D eigenvalue weighted by molar-refractivity contribution is -0.653. The lowest BCUT2D eigenvalue weighted by Gasteiger charge is -2.12. The number of ether oxygens (including phenoxy) is 1. The number of carbonyl (C=O) groups is 1. The molecule has 1 atom stereocenters. The fourth-order valence-corrected chi connectivity index (χ4v) is 3.31. The summed E-state index contributed by atoms with van der Waals surface area (Å²) in [7, 11) is 2.05. The maximum Gasteiger partial charge on any atom is 0.256 e. The second kappa shape index (κ2) is 7.70. The Morgan fingerprint density at radius 3 is 2.54 bits per heavy atom. The molecule has 0 spiro atoms. The number of aromatic nitrogens is 2. The van der Waals surface area contributed by atoms with Crippen LogP contribution in [0.4, 0.5) is 0 Å². The topological polar surface area (TPSA) is 55.3 Å². The molecule has 0 saturated carbocycles. The molecule has 0 unspecified atom stereocenters. The maximum atomic E-state index is 11.3. The van der Waals surface area contributed by atoms with Crippen molar-refractivity contribution >= 4 is 16.8 Å². The van der Waals surface area contributed by atoms with E-state index in [1.807, 2.05) is 12.1 Å². The summed E-state index contributed by atoms with van der Waals surface area (Å²) in [5.74, 6) is 1.83. The fourth-order valence-electron chi connectivity index (χ4n) is 3.31. The number of imidazole rings is 1. The van der Waals surface area contributed by atoms with Crippen molar-refractivity contribution in [2.45, 2.75) is 32.9 Å². The summed E-state index contributed by atoms with van der Waals surface area (Å²) in [6, 6.07) is 15.2. The molecular formula is C21H25N2O3+. The second-order valence-electron chi connectivity index (χ2n) is 6.47. The number of ketones is 1. The lowest BCUT2D eigenvalue weighted by Crippen LogP contribution is -2.34. The molecule has 0 aliphatic heterocycles. The summed E-state index contributed by atoms with van der Waals surface area (Å²) < 4.78 is 10.0. The molecule has 5 nitrogen and oxygen atoms in total. The van der Waals surface area contributed by atoms with Gasteiger partial charge >= 0.3 is 0 Å². The number of para-hydroxylation sites is 2. The Labute approximate surface area is 153 Å². The van der Waals surface area contributed by atoms with E-state index in [0.717, 1.165) is 23.3 Å². The molecule has 2 aromatic carbocycles. The number of hydrogen-bond acceptors (Lipinski definition) is 3. The maximum absolute atomic E-state index is 11.3. The lowest BCUT2D eigenvalue weighted by atomic mass is 10.1. The van der Waals surface area contributed by atoms with E-state index in [9.17, 15) is 9.90 Å². The molecule has 0 bridgehead atoms. The molecule has 0 aliphatic carbocycles. The van der Waals surface area contributed by atoms with Crippen LogP contribution in [0.5, 0.6) is 5.75 Å². The largest absolute Gasteiger partial charge is 0.491 e. The minimum absolute atomic E-state index is 0.0241. The summed E-state index contributed by atoms with van der Waals surface area (Å²) in [6.07, 6.45) is 0.245. The summed E-state index contributed by atoms with van der Waals surface area (Å²) in [5, 5.41) is 10.5. The van der Waals surface area contributed by atoms with Crippen molar-refractivity contribution in [3.8, 4) is 5.75 Å². The highest BCUT2D eigenvalue weighted by Crippen LogP contribution is 2.16. The van der Waals surface area contributed by atoms with Crippen molar-refractivity contribution in [2.24, 2.45) is 7.05 Å². The number of aliphatic hydroxyl groups is 1. The van der Waals surface area contributed by atoms with Crippen LogP contribution in [0.2, 0.25) is 0 Å². The van der Waals surface area contributed by atoms with Gasteiger partial charge in [0.2, 0.25) is 0 Å². The molecule has 3 aromatic rings. The van der Waals surface area contributed by atoms with Crippen LogP contribution >= 0.6 is 0 Å². The zero-order valence-electron chi connectivity index (χ0n) is 15.5. The zero-order valence-corrected chi connectivity index (χ0v) is 15.5. The molecule has 5 heteroatoms. The standard InChI is InChI=1S/C21H25N2O3/c1-4-21-22(3)19-7-5-6-8-20(19)23(21)13-17(25)14-26-18-11-9-16(10-12-18)15(2)24/h5-12,17,25H,4,13-14H2,1-3H3/q+1/t17-/m1/s1. The van der Waals surface area contributed by atoms with Crippen LogP contribution in [0.15, 0.2) is 48.5 Å². The summed E-state index contributed by atoms with van der Waals surface area (Å²) in [4.78, 5) is 11.3. The van der Waals surface area contributed by atoms with Crippen molar-refractivity contribution in [3.63, 3.8) is 0 Å². The van der Waals surface area contributed by atoms with Crippen molar-refractivity contribution in [1.82, 2.24) is 4.57 Å². The van der Waals surface area contributed by atoms with Crippen LogP contribution < -0.4 is 9.30 Å². The number of aryl methyl sites for hydroxylation is 1. The van der Waals surface area contributed by atoms with Gasteiger partial charge in [-0.05, 0) is 43.3 Å². The summed E-state index contributed by atoms with van der Waals surface area (Å²) in [5.41, 5.74) is 2.91. The number of nitrogens with zero attached hydrogens (tertiary/aromatic N) is 2. The average Bonchev–Trinajstić information content (AvgIpc) is 2.92. The van der Waals surface area contributed by atoms with Crippen molar-refractivity contribution in [3.05, 3.63) is 59.9 Å². The molecular weight excluding hydrogens is 328 g/mol. The second-order valence-corrected chi connectivity index (χ2v) is 6.47. The van der Waals surface area contributed by atoms with E-state index in [0.29, 0.717) is 17.9 Å². The number of fused-ring (bicyclic) bond motifs is 1. The van der Waals surface area contributed by atoms with Gasteiger partial charge in [0.15, 0.2) is 16.8 Å². The summed E-state index contributed by atoms with van der Waals surface area (Å²) >= 11 is 0. The van der Waals surface area contributed by atoms with Crippen molar-refractivity contribution < 1.29 is 19.2 Å². The van der Waals surface area contributed by atoms with Gasteiger partial charge in [0.05, 0.1) is 7.05 Å². The molecule has 0 amide bonds. The molecule has 26 heavy (non-hydrogen) atoms. The predicted octanol–water partition coefficient (Wildman–Crippen LogP) is 2.67. The van der Waals surface area contributed by atoms with Crippen LogP contribution in [0.1, 0.15) is 30.0 Å². The molecule has 136 valence electrons. The molecule has 1 aromatic heterocycles. The monoisotopic (exact) mass is 353 g/mol. The first-order valence-corrected chi connectivity index (χ1v) is 8.89. The Balaban J connectivity index is 1.71. The average molecular weight is 353 g/mol. The van der Waals surface area contributed by atoms with Gasteiger partial charge in [-0.1, -0.05) is 19.1 Å². The number of benzene rings is 2. The minimum Gasteiger partial charge on any atom is -0.491 e. The number of carbonyl (C=O) groups excluding carboxylic acids is 1. The third-order valence-electron chi connectivity index (χ3n) is 4.65. The molecule has 3 rings (SSSR count). The van der Waals surface area contributed by atoms with Gasteiger partial charge in [0, 0.05) is 12.0 Å². The normalized spacial score (nSPS) is 12.3. The first-order chi connectivity index (χ1) is 12.5. The van der Waals surface area contributed by atoms with Crippen LogP contribution in [-0.4, -0.2) is 28.2 Å². The smallest absolute Gasteiger partial charge is 0.256 e. The fraction of sp³-hybridized carbons (Fsp3) is 0.333. The Hall–Kier alpha value is -2.66. The van der Waals surface area contributed by atoms with Crippen molar-refractivity contribution in [2.75, 3.05) is 6.61 Å². The predicted molar refractivity (Wildman–Crippen MR) is 100 cm³/mol. The molecule has 1 heterocycles. The number of Topliss-reactive ketones (excluding diaryl/α,β-unsaturated/α-hetero) is 1. The highest BCUT2D eigenvalue weighted by Gasteiger charge is 2.23. The van der Waals surface area contributed by atoms with Gasteiger partial charge in [0.1, 0.15) is 25.0 Å². The summed E-state index contributed by atoms with van der Waals surface area (Å²) in [6.45, 7) is 4.31. The van der Waals surface area contributed by atoms with E-state index in [2.05, 4.69) is 35.2 Å². The van der Waals surface area contributed by atoms with Crippen LogP contribution in [-0.2, 0) is 20.0 Å². The molecule has 0 radical (unpaired) electrons. The third-order valence-corrected chi connectivity index (χ3v) is 4.65. The molecule has 0 fully saturated rings. The van der Waals surface area contributed by atoms with Crippen molar-refractivity contribution in [1.29, 1.82) is 0 Å². The molecule has 1 N–H and O–H groups in total. The quantitative estimate of drug-likeness (QED) is 0.525. The number of aliphatic hydroxyl groups excluding tert-OH is 1. The highest BCUT2D eigenvalue weighted by atomic mass is 16.5. The Bertz CT molecular complexity index is 913. The van der Waals surface area contributed by atoms with Gasteiger partial charge in [-0.2, -0.15) is 0 Å². The Morgan fingerprint density at radius 1 is 1.19 bits per heavy atom. The van der Waals surface area contributed by atoms with E-state index in [1.165, 1.54) is 6.92 Å². The van der Waals surface area contributed by atoms with E-state index in [-0.39, 0.29) is 12.4 Å². The van der Waals surface area contributed by atoms with Gasteiger partial charge < -0.3 is 9.84 Å². The van der Waals surface area contributed by atoms with E-state index >= 15 is 0 Å². The minimum atomic E-state index is -0.636. The third kappa shape index (κ3) is 3.63. The zero-order chi connectivity index (χ0) is 18.7. The van der Waals surface area contributed by atoms with Crippen LogP contribution in [0, 0.1) is 0 Å².